The van der Waals surface area contributed by atoms with Crippen LogP contribution < -0.4 is 4.72 Å². The van der Waals surface area contributed by atoms with E-state index in [0.29, 0.717) is 10.0 Å². The fourth-order valence-corrected chi connectivity index (χ4v) is 5.56. The van der Waals surface area contributed by atoms with E-state index in [0.717, 1.165) is 37.7 Å². The Balaban J connectivity index is 1.81. The number of Topliss-reactive ketones (excluding diaryl/α,β-unsaturated/α-hetero) is 1. The predicted octanol–water partition coefficient (Wildman–Crippen LogP) is 4.49. The van der Waals surface area contributed by atoms with Crippen LogP contribution in [-0.4, -0.2) is 20.2 Å². The standard InChI is InChI=1S/C20H22BrNO3S/c21-18-12-11-16(19(23)13-15-7-3-1-4-8-15)14-20(18)26(24,25)22-17-9-5-2-6-10-17/h1,3-4,7-8,11-12,14,17,22H,2,5-6,9-10,13H2. The second-order valence-electron chi connectivity index (χ2n) is 6.69. The molecule has 0 saturated heterocycles. The van der Waals surface area contributed by atoms with Gasteiger partial charge in [-0.25, -0.2) is 13.1 Å². The van der Waals surface area contributed by atoms with Crippen LogP contribution in [0.5, 0.6) is 0 Å². The number of ketones is 1. The summed E-state index contributed by atoms with van der Waals surface area (Å²) in [4.78, 5) is 12.7. The van der Waals surface area contributed by atoms with Gasteiger partial charge in [-0.15, -0.1) is 0 Å². The molecule has 0 aromatic heterocycles. The van der Waals surface area contributed by atoms with Crippen molar-refractivity contribution < 1.29 is 13.2 Å². The van der Waals surface area contributed by atoms with E-state index in [1.165, 1.54) is 6.07 Å². The summed E-state index contributed by atoms with van der Waals surface area (Å²) in [6.45, 7) is 0. The van der Waals surface area contributed by atoms with Gasteiger partial charge in [0.15, 0.2) is 5.78 Å². The molecule has 0 aliphatic heterocycles. The zero-order valence-electron chi connectivity index (χ0n) is 14.4. The Bertz CT molecular complexity index is 875. The molecule has 0 spiro atoms. The summed E-state index contributed by atoms with van der Waals surface area (Å²) in [5, 5.41) is 0. The summed E-state index contributed by atoms with van der Waals surface area (Å²) in [5.41, 5.74) is 1.31. The molecule has 138 valence electrons. The molecule has 26 heavy (non-hydrogen) atoms. The van der Waals surface area contributed by atoms with Crippen LogP contribution in [0.2, 0.25) is 0 Å². The molecular formula is C20H22BrNO3S. The molecule has 2 aromatic rings. The second-order valence-corrected chi connectivity index (χ2v) is 9.22. The largest absolute Gasteiger partial charge is 0.294 e. The molecule has 0 atom stereocenters. The van der Waals surface area contributed by atoms with Gasteiger partial charge in [0.1, 0.15) is 0 Å². The van der Waals surface area contributed by atoms with E-state index < -0.39 is 10.0 Å². The molecule has 1 aliphatic rings. The van der Waals surface area contributed by atoms with Crippen LogP contribution in [0.4, 0.5) is 0 Å². The number of hydrogen-bond acceptors (Lipinski definition) is 3. The zero-order chi connectivity index (χ0) is 18.6. The molecule has 1 fully saturated rings. The Hall–Kier alpha value is -1.50. The highest BCUT2D eigenvalue weighted by Gasteiger charge is 2.24. The minimum atomic E-state index is -3.67. The van der Waals surface area contributed by atoms with Gasteiger partial charge in [-0.05, 0) is 46.5 Å². The van der Waals surface area contributed by atoms with E-state index in [2.05, 4.69) is 20.7 Å². The summed E-state index contributed by atoms with van der Waals surface area (Å²) in [7, 11) is -3.67. The van der Waals surface area contributed by atoms with Crippen LogP contribution >= 0.6 is 15.9 Å². The molecule has 3 rings (SSSR count). The average Bonchev–Trinajstić information content (AvgIpc) is 2.63. The van der Waals surface area contributed by atoms with Gasteiger partial charge in [0.2, 0.25) is 10.0 Å². The molecule has 0 radical (unpaired) electrons. The van der Waals surface area contributed by atoms with Gasteiger partial charge in [-0.1, -0.05) is 55.7 Å². The van der Waals surface area contributed by atoms with Gasteiger partial charge in [0.05, 0.1) is 4.90 Å². The first-order chi connectivity index (χ1) is 12.5. The first-order valence-corrected chi connectivity index (χ1v) is 11.1. The SMILES string of the molecule is O=C(Cc1ccccc1)c1ccc(Br)c(S(=O)(=O)NC2CCCCC2)c1. The summed E-state index contributed by atoms with van der Waals surface area (Å²) >= 11 is 3.32. The van der Waals surface area contributed by atoms with E-state index in [1.807, 2.05) is 30.3 Å². The lowest BCUT2D eigenvalue weighted by Gasteiger charge is -2.23. The monoisotopic (exact) mass is 435 g/mol. The van der Waals surface area contributed by atoms with E-state index >= 15 is 0 Å². The van der Waals surface area contributed by atoms with Crippen molar-refractivity contribution in [2.24, 2.45) is 0 Å². The van der Waals surface area contributed by atoms with E-state index in [9.17, 15) is 13.2 Å². The quantitative estimate of drug-likeness (QED) is 0.679. The summed E-state index contributed by atoms with van der Waals surface area (Å²) in [6.07, 6.45) is 5.23. The second kappa shape index (κ2) is 8.46. The fourth-order valence-electron chi connectivity index (χ4n) is 3.27. The van der Waals surface area contributed by atoms with Crippen LogP contribution in [0.15, 0.2) is 57.9 Å². The molecule has 1 saturated carbocycles. The predicted molar refractivity (Wildman–Crippen MR) is 106 cm³/mol. The van der Waals surface area contributed by atoms with Gasteiger partial charge in [0.25, 0.3) is 0 Å². The van der Waals surface area contributed by atoms with Crippen LogP contribution in [0.25, 0.3) is 0 Å². The van der Waals surface area contributed by atoms with Crippen LogP contribution in [0.1, 0.15) is 48.0 Å². The van der Waals surface area contributed by atoms with Gasteiger partial charge in [-0.3, -0.25) is 4.79 Å². The molecule has 2 aromatic carbocycles. The maximum atomic E-state index is 12.8. The number of sulfonamides is 1. The van der Waals surface area contributed by atoms with Crippen molar-refractivity contribution in [1.29, 1.82) is 0 Å². The van der Waals surface area contributed by atoms with Gasteiger partial charge in [0, 0.05) is 22.5 Å². The fraction of sp³-hybridized carbons (Fsp3) is 0.350. The van der Waals surface area contributed by atoms with E-state index in [4.69, 9.17) is 0 Å². The maximum Gasteiger partial charge on any atom is 0.241 e. The number of nitrogens with one attached hydrogen (secondary N) is 1. The van der Waals surface area contributed by atoms with Gasteiger partial charge < -0.3 is 0 Å². The molecule has 4 nitrogen and oxygen atoms in total. The molecule has 1 aliphatic carbocycles. The van der Waals surface area contributed by atoms with Gasteiger partial charge in [-0.2, -0.15) is 0 Å². The van der Waals surface area contributed by atoms with E-state index in [-0.39, 0.29) is 23.1 Å². The highest BCUT2D eigenvalue weighted by Crippen LogP contribution is 2.26. The highest BCUT2D eigenvalue weighted by molar-refractivity contribution is 9.10. The molecule has 0 heterocycles. The lowest BCUT2D eigenvalue weighted by molar-refractivity contribution is 0.0992. The first-order valence-electron chi connectivity index (χ1n) is 8.85. The number of benzene rings is 2. The molecular weight excluding hydrogens is 414 g/mol. The molecule has 0 unspecified atom stereocenters. The number of carbonyl (C=O) groups excluding carboxylic acids is 1. The molecule has 0 bridgehead atoms. The van der Waals surface area contributed by atoms with Crippen LogP contribution in [0.3, 0.4) is 0 Å². The third-order valence-corrected chi connectivity index (χ3v) is 7.19. The Morgan fingerprint density at radius 1 is 1.04 bits per heavy atom. The molecule has 0 amide bonds. The van der Waals surface area contributed by atoms with E-state index in [1.54, 1.807) is 12.1 Å². The van der Waals surface area contributed by atoms with Crippen molar-refractivity contribution in [2.75, 3.05) is 0 Å². The molecule has 6 heteroatoms. The van der Waals surface area contributed by atoms with Crippen LogP contribution in [0, 0.1) is 0 Å². The zero-order valence-corrected chi connectivity index (χ0v) is 16.9. The maximum absolute atomic E-state index is 12.8. The third-order valence-electron chi connectivity index (χ3n) is 4.68. The van der Waals surface area contributed by atoms with Crippen LogP contribution in [-0.2, 0) is 16.4 Å². The first kappa shape index (κ1) is 19.3. The van der Waals surface area contributed by atoms with Crippen molar-refractivity contribution in [3.63, 3.8) is 0 Å². The topological polar surface area (TPSA) is 63.2 Å². The lowest BCUT2D eigenvalue weighted by atomic mass is 9.96. The lowest BCUT2D eigenvalue weighted by Crippen LogP contribution is -2.36. The smallest absolute Gasteiger partial charge is 0.241 e. The number of halogens is 1. The minimum absolute atomic E-state index is 0.0238. The van der Waals surface area contributed by atoms with Crippen molar-refractivity contribution in [1.82, 2.24) is 4.72 Å². The third kappa shape index (κ3) is 4.81. The number of rotatable bonds is 6. The summed E-state index contributed by atoms with van der Waals surface area (Å²) in [5.74, 6) is -0.0992. The highest BCUT2D eigenvalue weighted by atomic mass is 79.9. The Labute approximate surface area is 163 Å². The Morgan fingerprint density at radius 3 is 2.42 bits per heavy atom. The van der Waals surface area contributed by atoms with Crippen molar-refractivity contribution in [2.45, 2.75) is 49.5 Å². The number of carbonyl (C=O) groups is 1. The van der Waals surface area contributed by atoms with Crippen molar-refractivity contribution >= 4 is 31.7 Å². The minimum Gasteiger partial charge on any atom is -0.294 e. The average molecular weight is 436 g/mol. The molecule has 1 N–H and O–H groups in total. The van der Waals surface area contributed by atoms with Crippen molar-refractivity contribution in [3.8, 4) is 0 Å². The van der Waals surface area contributed by atoms with Gasteiger partial charge >= 0.3 is 0 Å². The number of hydrogen-bond donors (Lipinski definition) is 1. The normalized spacial score (nSPS) is 15.7. The van der Waals surface area contributed by atoms with Crippen molar-refractivity contribution in [3.05, 3.63) is 64.1 Å². The summed E-state index contributed by atoms with van der Waals surface area (Å²) < 4.78 is 28.9. The Morgan fingerprint density at radius 2 is 1.73 bits per heavy atom. The Kier molecular flexibility index (Phi) is 6.27. The summed E-state index contributed by atoms with van der Waals surface area (Å²) in [6, 6.07) is 14.2.